The summed E-state index contributed by atoms with van der Waals surface area (Å²) < 4.78 is 0.646. The first kappa shape index (κ1) is 16.6. The summed E-state index contributed by atoms with van der Waals surface area (Å²) in [5.41, 5.74) is 0.426. The molecule has 1 saturated heterocycles. The molecule has 24 heavy (non-hydrogen) atoms. The molecule has 0 saturated carbocycles. The Morgan fingerprint density at radius 2 is 1.79 bits per heavy atom. The van der Waals surface area contributed by atoms with Crippen LogP contribution in [0.4, 0.5) is 0 Å². The minimum Gasteiger partial charge on any atom is -0.481 e. The van der Waals surface area contributed by atoms with E-state index in [1.165, 1.54) is 0 Å². The van der Waals surface area contributed by atoms with Gasteiger partial charge in [0.2, 0.25) is 0 Å². The molecule has 0 unspecified atom stereocenters. The van der Waals surface area contributed by atoms with Gasteiger partial charge in [-0.15, -0.1) is 0 Å². The molecule has 1 amide bonds. The number of amides is 1. The van der Waals surface area contributed by atoms with Crippen LogP contribution in [0.2, 0.25) is 0 Å². The van der Waals surface area contributed by atoms with Gasteiger partial charge in [0, 0.05) is 30.0 Å². The summed E-state index contributed by atoms with van der Waals surface area (Å²) in [6.45, 7) is 0.823. The molecule has 0 radical (unpaired) electrons. The van der Waals surface area contributed by atoms with Crippen LogP contribution in [0.15, 0.2) is 53.3 Å². The van der Waals surface area contributed by atoms with E-state index in [0.717, 1.165) is 5.56 Å². The van der Waals surface area contributed by atoms with Crippen molar-refractivity contribution in [2.45, 2.75) is 18.3 Å². The van der Waals surface area contributed by atoms with Crippen LogP contribution in [-0.2, 0) is 10.2 Å². The van der Waals surface area contributed by atoms with Gasteiger partial charge in [0.05, 0.1) is 11.0 Å². The second-order valence-electron chi connectivity index (χ2n) is 5.90. The summed E-state index contributed by atoms with van der Waals surface area (Å²) in [6, 6.07) is 11.0. The van der Waals surface area contributed by atoms with E-state index >= 15 is 0 Å². The van der Waals surface area contributed by atoms with Crippen molar-refractivity contribution in [3.05, 3.63) is 64.4 Å². The molecule has 1 aliphatic heterocycles. The Kier molecular flexibility index (Phi) is 4.66. The third kappa shape index (κ3) is 2.94. The number of likely N-dealkylation sites (tertiary alicyclic amines) is 1. The number of benzene rings is 1. The standard InChI is InChI=1S/C18H17BrN2O3/c19-15-12-20-9-6-14(15)16(22)21-10-7-18(8-11-21,17(23)24)13-4-2-1-3-5-13/h1-6,9,12H,7-8,10-11H2,(H,23,24). The van der Waals surface area contributed by atoms with Gasteiger partial charge in [-0.2, -0.15) is 0 Å². The van der Waals surface area contributed by atoms with Crippen LogP contribution in [0.3, 0.4) is 0 Å². The van der Waals surface area contributed by atoms with Crippen LogP contribution >= 0.6 is 15.9 Å². The van der Waals surface area contributed by atoms with Gasteiger partial charge in [0.15, 0.2) is 0 Å². The van der Waals surface area contributed by atoms with Crippen LogP contribution in [0.25, 0.3) is 0 Å². The molecule has 0 spiro atoms. The van der Waals surface area contributed by atoms with Gasteiger partial charge in [-0.3, -0.25) is 14.6 Å². The van der Waals surface area contributed by atoms with Gasteiger partial charge in [0.25, 0.3) is 5.91 Å². The summed E-state index contributed by atoms with van der Waals surface area (Å²) in [7, 11) is 0. The molecular weight excluding hydrogens is 372 g/mol. The van der Waals surface area contributed by atoms with Gasteiger partial charge in [0.1, 0.15) is 0 Å². The van der Waals surface area contributed by atoms with E-state index in [4.69, 9.17) is 0 Å². The van der Waals surface area contributed by atoms with Crippen molar-refractivity contribution in [3.63, 3.8) is 0 Å². The second kappa shape index (κ2) is 6.73. The number of hydrogen-bond acceptors (Lipinski definition) is 3. The fraction of sp³-hybridized carbons (Fsp3) is 0.278. The number of carbonyl (C=O) groups is 2. The lowest BCUT2D eigenvalue weighted by atomic mass is 9.73. The Hall–Kier alpha value is -2.21. The van der Waals surface area contributed by atoms with Crippen LogP contribution < -0.4 is 0 Å². The average molecular weight is 389 g/mol. The summed E-state index contributed by atoms with van der Waals surface area (Å²) in [6.07, 6.45) is 3.97. The predicted octanol–water partition coefficient (Wildman–Crippen LogP) is 3.10. The first-order valence-electron chi connectivity index (χ1n) is 7.72. The molecule has 124 valence electrons. The van der Waals surface area contributed by atoms with Crippen molar-refractivity contribution < 1.29 is 14.7 Å². The highest BCUT2D eigenvalue weighted by Crippen LogP contribution is 2.36. The smallest absolute Gasteiger partial charge is 0.314 e. The zero-order valence-electron chi connectivity index (χ0n) is 13.0. The molecule has 0 bridgehead atoms. The van der Waals surface area contributed by atoms with E-state index < -0.39 is 11.4 Å². The topological polar surface area (TPSA) is 70.5 Å². The fourth-order valence-corrected chi connectivity index (χ4v) is 3.61. The SMILES string of the molecule is O=C(c1ccncc1Br)N1CCC(C(=O)O)(c2ccccc2)CC1. The van der Waals surface area contributed by atoms with E-state index in [0.29, 0.717) is 36.0 Å². The summed E-state index contributed by atoms with van der Waals surface area (Å²) >= 11 is 3.34. The van der Waals surface area contributed by atoms with Gasteiger partial charge in [-0.25, -0.2) is 0 Å². The zero-order chi connectivity index (χ0) is 17.2. The van der Waals surface area contributed by atoms with Gasteiger partial charge in [-0.05, 0) is 40.4 Å². The van der Waals surface area contributed by atoms with Crippen LogP contribution in [0, 0.1) is 0 Å². The summed E-state index contributed by atoms with van der Waals surface area (Å²) in [5, 5.41) is 9.81. The molecule has 5 nitrogen and oxygen atoms in total. The predicted molar refractivity (Wildman–Crippen MR) is 92.8 cm³/mol. The number of piperidine rings is 1. The van der Waals surface area contributed by atoms with Crippen molar-refractivity contribution in [3.8, 4) is 0 Å². The number of pyridine rings is 1. The quantitative estimate of drug-likeness (QED) is 0.876. The third-order valence-electron chi connectivity index (χ3n) is 4.64. The highest BCUT2D eigenvalue weighted by molar-refractivity contribution is 9.10. The maximum Gasteiger partial charge on any atom is 0.314 e. The maximum atomic E-state index is 12.7. The molecule has 3 rings (SSSR count). The lowest BCUT2D eigenvalue weighted by molar-refractivity contribution is -0.145. The molecule has 1 aromatic heterocycles. The summed E-state index contributed by atoms with van der Waals surface area (Å²) in [5.74, 6) is -0.929. The van der Waals surface area contributed by atoms with Gasteiger partial charge in [-0.1, -0.05) is 30.3 Å². The molecular formula is C18H17BrN2O3. The van der Waals surface area contributed by atoms with Crippen molar-refractivity contribution in [1.29, 1.82) is 0 Å². The van der Waals surface area contributed by atoms with Crippen LogP contribution in [0.5, 0.6) is 0 Å². The Morgan fingerprint density at radius 1 is 1.12 bits per heavy atom. The first-order chi connectivity index (χ1) is 11.5. The number of rotatable bonds is 3. The normalized spacial score (nSPS) is 16.6. The van der Waals surface area contributed by atoms with Crippen LogP contribution in [-0.4, -0.2) is 40.0 Å². The van der Waals surface area contributed by atoms with E-state index in [-0.39, 0.29) is 5.91 Å². The lowest BCUT2D eigenvalue weighted by Crippen LogP contribution is -2.49. The Balaban J connectivity index is 1.80. The van der Waals surface area contributed by atoms with Gasteiger partial charge >= 0.3 is 5.97 Å². The number of aromatic nitrogens is 1. The molecule has 0 aliphatic carbocycles. The monoisotopic (exact) mass is 388 g/mol. The van der Waals surface area contributed by atoms with Crippen molar-refractivity contribution in [2.75, 3.05) is 13.1 Å². The largest absolute Gasteiger partial charge is 0.481 e. The number of halogens is 1. The third-order valence-corrected chi connectivity index (χ3v) is 5.27. The number of carbonyl (C=O) groups excluding carboxylic acids is 1. The zero-order valence-corrected chi connectivity index (χ0v) is 14.6. The van der Waals surface area contributed by atoms with Crippen molar-refractivity contribution in [1.82, 2.24) is 9.88 Å². The van der Waals surface area contributed by atoms with E-state index in [1.54, 1.807) is 23.4 Å². The fourth-order valence-electron chi connectivity index (χ4n) is 3.19. The van der Waals surface area contributed by atoms with Crippen molar-refractivity contribution in [2.24, 2.45) is 0 Å². The molecule has 1 aliphatic rings. The number of hydrogen-bond donors (Lipinski definition) is 1. The number of carboxylic acid groups (broad SMARTS) is 1. The first-order valence-corrected chi connectivity index (χ1v) is 8.51. The summed E-state index contributed by atoms with van der Waals surface area (Å²) in [4.78, 5) is 30.3. The molecule has 1 N–H and O–H groups in total. The molecule has 6 heteroatoms. The molecule has 1 aromatic carbocycles. The number of nitrogens with zero attached hydrogens (tertiary/aromatic N) is 2. The average Bonchev–Trinajstić information content (AvgIpc) is 2.62. The van der Waals surface area contributed by atoms with Crippen molar-refractivity contribution >= 4 is 27.8 Å². The minimum atomic E-state index is -0.923. The van der Waals surface area contributed by atoms with E-state index in [1.807, 2.05) is 30.3 Å². The molecule has 0 atom stereocenters. The highest BCUT2D eigenvalue weighted by atomic mass is 79.9. The second-order valence-corrected chi connectivity index (χ2v) is 6.76. The lowest BCUT2D eigenvalue weighted by Gasteiger charge is -2.39. The Bertz CT molecular complexity index is 756. The Morgan fingerprint density at radius 3 is 2.38 bits per heavy atom. The number of carboxylic acids is 1. The Labute approximate surface area is 148 Å². The van der Waals surface area contributed by atoms with E-state index in [2.05, 4.69) is 20.9 Å². The number of aliphatic carboxylic acids is 1. The van der Waals surface area contributed by atoms with Crippen LogP contribution in [0.1, 0.15) is 28.8 Å². The minimum absolute atomic E-state index is 0.101. The molecule has 2 aromatic rings. The highest BCUT2D eigenvalue weighted by Gasteiger charge is 2.44. The van der Waals surface area contributed by atoms with E-state index in [9.17, 15) is 14.7 Å². The maximum absolute atomic E-state index is 12.7. The molecule has 2 heterocycles. The molecule has 1 fully saturated rings. The van der Waals surface area contributed by atoms with Gasteiger partial charge < -0.3 is 10.0 Å².